The highest BCUT2D eigenvalue weighted by Crippen LogP contribution is 2.41. The largest absolute Gasteiger partial charge is 0.347 e. The van der Waals surface area contributed by atoms with Crippen LogP contribution in [0.15, 0.2) is 41.8 Å². The summed E-state index contributed by atoms with van der Waals surface area (Å²) in [6.07, 6.45) is 5.57. The number of nitrogens with one attached hydrogen (secondary N) is 2. The van der Waals surface area contributed by atoms with Crippen LogP contribution in [0.25, 0.3) is 0 Å². The average Bonchev–Trinajstić information content (AvgIpc) is 3.21. The molecule has 1 heterocycles. The molecule has 0 radical (unpaired) electrons. The van der Waals surface area contributed by atoms with Crippen LogP contribution in [0.1, 0.15) is 42.5 Å². The molecule has 2 amide bonds. The van der Waals surface area contributed by atoms with Gasteiger partial charge in [-0.1, -0.05) is 37.5 Å². The van der Waals surface area contributed by atoms with Crippen molar-refractivity contribution in [1.82, 2.24) is 10.6 Å². The third kappa shape index (κ3) is 4.49. The molecule has 1 fully saturated rings. The van der Waals surface area contributed by atoms with Crippen molar-refractivity contribution in [1.29, 1.82) is 0 Å². The summed E-state index contributed by atoms with van der Waals surface area (Å²) in [6, 6.07) is 9.98. The number of amides is 2. The van der Waals surface area contributed by atoms with Crippen LogP contribution in [-0.2, 0) is 21.5 Å². The summed E-state index contributed by atoms with van der Waals surface area (Å²) in [5.41, 5.74) is 0.689. The molecule has 2 aromatic rings. The maximum absolute atomic E-state index is 12.9. The second-order valence-electron chi connectivity index (χ2n) is 6.81. The van der Waals surface area contributed by atoms with Crippen LogP contribution >= 0.6 is 11.3 Å². The first-order valence-corrected chi connectivity index (χ1v) is 9.81. The summed E-state index contributed by atoms with van der Waals surface area (Å²) in [6.45, 7) is 0.679. The normalized spacial score (nSPS) is 16.0. The van der Waals surface area contributed by atoms with Crippen molar-refractivity contribution in [3.63, 3.8) is 0 Å². The summed E-state index contributed by atoms with van der Waals surface area (Å²) in [5, 5.41) is 7.46. The molecule has 0 spiro atoms. The summed E-state index contributed by atoms with van der Waals surface area (Å²) in [7, 11) is 0. The van der Waals surface area contributed by atoms with E-state index in [0.717, 1.165) is 31.2 Å². The Morgan fingerprint density at radius 2 is 1.69 bits per heavy atom. The number of carbonyl (C=O) groups is 2. The Balaban J connectivity index is 1.54. The van der Waals surface area contributed by atoms with Crippen LogP contribution in [0, 0.1) is 5.82 Å². The van der Waals surface area contributed by atoms with Crippen molar-refractivity contribution in [3.05, 3.63) is 58.0 Å². The Bertz CT molecular complexity index is 738. The smallest absolute Gasteiger partial charge is 0.309 e. The lowest BCUT2D eigenvalue weighted by molar-refractivity contribution is -0.139. The Morgan fingerprint density at radius 1 is 1.00 bits per heavy atom. The number of thiophene rings is 1. The lowest BCUT2D eigenvalue weighted by Crippen LogP contribution is -2.46. The van der Waals surface area contributed by atoms with Gasteiger partial charge in [0, 0.05) is 23.4 Å². The molecule has 138 valence electrons. The quantitative estimate of drug-likeness (QED) is 0.787. The molecule has 0 atom stereocenters. The van der Waals surface area contributed by atoms with Crippen LogP contribution < -0.4 is 10.6 Å². The van der Waals surface area contributed by atoms with E-state index in [9.17, 15) is 14.0 Å². The summed E-state index contributed by atoms with van der Waals surface area (Å²) in [4.78, 5) is 25.5. The van der Waals surface area contributed by atoms with E-state index in [1.165, 1.54) is 23.4 Å². The van der Waals surface area contributed by atoms with Crippen molar-refractivity contribution >= 4 is 23.2 Å². The van der Waals surface area contributed by atoms with Crippen molar-refractivity contribution in [2.24, 2.45) is 0 Å². The van der Waals surface area contributed by atoms with Crippen molar-refractivity contribution in [2.45, 2.75) is 44.1 Å². The van der Waals surface area contributed by atoms with Gasteiger partial charge in [0.05, 0.1) is 0 Å². The highest BCUT2D eigenvalue weighted by molar-refractivity contribution is 7.10. The van der Waals surface area contributed by atoms with Gasteiger partial charge < -0.3 is 10.6 Å². The lowest BCUT2D eigenvalue weighted by Gasteiger charge is -2.36. The fourth-order valence-corrected chi connectivity index (χ4v) is 4.50. The molecule has 3 rings (SSSR count). The predicted octanol–water partition coefficient (Wildman–Crippen LogP) is 3.52. The topological polar surface area (TPSA) is 58.2 Å². The zero-order chi connectivity index (χ0) is 18.4. The minimum absolute atomic E-state index is 0.0562. The first-order chi connectivity index (χ1) is 12.6. The number of carbonyl (C=O) groups excluding carboxylic acids is 2. The minimum atomic E-state index is -0.661. The molecule has 4 nitrogen and oxygen atoms in total. The molecule has 0 aliphatic heterocycles. The van der Waals surface area contributed by atoms with Crippen LogP contribution in [-0.4, -0.2) is 18.4 Å². The van der Waals surface area contributed by atoms with Gasteiger partial charge in [0.15, 0.2) is 0 Å². The monoisotopic (exact) mass is 374 g/mol. The van der Waals surface area contributed by atoms with Crippen molar-refractivity contribution in [2.75, 3.05) is 6.54 Å². The molecule has 1 aliphatic rings. The summed E-state index contributed by atoms with van der Waals surface area (Å²) < 4.78 is 12.9. The van der Waals surface area contributed by atoms with Gasteiger partial charge in [-0.3, -0.25) is 9.59 Å². The molecule has 6 heteroatoms. The number of benzene rings is 1. The van der Waals surface area contributed by atoms with Crippen LogP contribution in [0.3, 0.4) is 0 Å². The van der Waals surface area contributed by atoms with Gasteiger partial charge in [-0.05, 0) is 42.0 Å². The molecule has 0 unspecified atom stereocenters. The van der Waals surface area contributed by atoms with E-state index in [0.29, 0.717) is 6.54 Å². The van der Waals surface area contributed by atoms with Crippen LogP contribution in [0.5, 0.6) is 0 Å². The zero-order valence-corrected chi connectivity index (χ0v) is 15.4. The SMILES string of the molecule is O=C(NCc1ccc(F)cc1)C(=O)NCC1(c2cccs2)CCCCC1. The maximum atomic E-state index is 12.9. The van der Waals surface area contributed by atoms with Gasteiger partial charge in [-0.15, -0.1) is 11.3 Å². The third-order valence-corrected chi connectivity index (χ3v) is 6.13. The summed E-state index contributed by atoms with van der Waals surface area (Å²) in [5.74, 6) is -1.61. The van der Waals surface area contributed by atoms with Gasteiger partial charge in [0.2, 0.25) is 0 Å². The fourth-order valence-electron chi connectivity index (χ4n) is 3.51. The average molecular weight is 374 g/mol. The second-order valence-corrected chi connectivity index (χ2v) is 7.76. The molecular weight excluding hydrogens is 351 g/mol. The van der Waals surface area contributed by atoms with Crippen LogP contribution in [0.4, 0.5) is 4.39 Å². The van der Waals surface area contributed by atoms with E-state index in [-0.39, 0.29) is 17.8 Å². The Kier molecular flexibility index (Phi) is 6.04. The standard InChI is InChI=1S/C20H23FN2O2S/c21-16-8-6-15(7-9-16)13-22-18(24)19(25)23-14-20(10-2-1-3-11-20)17-5-4-12-26-17/h4-9,12H,1-3,10-11,13-14H2,(H,22,24)(H,23,25). The van der Waals surface area contributed by atoms with Crippen molar-refractivity contribution < 1.29 is 14.0 Å². The molecule has 1 saturated carbocycles. The minimum Gasteiger partial charge on any atom is -0.347 e. The lowest BCUT2D eigenvalue weighted by atomic mass is 9.73. The molecular formula is C20H23FN2O2S. The molecule has 26 heavy (non-hydrogen) atoms. The highest BCUT2D eigenvalue weighted by Gasteiger charge is 2.35. The van der Waals surface area contributed by atoms with Crippen molar-refractivity contribution in [3.8, 4) is 0 Å². The van der Waals surface area contributed by atoms with E-state index in [2.05, 4.69) is 22.1 Å². The fraction of sp³-hybridized carbons (Fsp3) is 0.400. The van der Waals surface area contributed by atoms with Gasteiger partial charge in [0.25, 0.3) is 0 Å². The Labute approximate surface area is 156 Å². The second kappa shape index (κ2) is 8.45. The predicted molar refractivity (Wildman–Crippen MR) is 100 cm³/mol. The maximum Gasteiger partial charge on any atom is 0.309 e. The van der Waals surface area contributed by atoms with Gasteiger partial charge in [0.1, 0.15) is 5.82 Å². The first kappa shape index (κ1) is 18.6. The molecule has 0 saturated heterocycles. The number of halogens is 1. The molecule has 0 bridgehead atoms. The van der Waals surface area contributed by atoms with Gasteiger partial charge in [-0.25, -0.2) is 4.39 Å². The highest BCUT2D eigenvalue weighted by atomic mass is 32.1. The zero-order valence-electron chi connectivity index (χ0n) is 14.6. The van der Waals surface area contributed by atoms with E-state index in [4.69, 9.17) is 0 Å². The first-order valence-electron chi connectivity index (χ1n) is 8.94. The van der Waals surface area contributed by atoms with E-state index in [1.54, 1.807) is 23.5 Å². The van der Waals surface area contributed by atoms with E-state index < -0.39 is 11.8 Å². The number of hydrogen-bond acceptors (Lipinski definition) is 3. The summed E-state index contributed by atoms with van der Waals surface area (Å²) >= 11 is 1.71. The molecule has 1 aromatic carbocycles. The van der Waals surface area contributed by atoms with E-state index >= 15 is 0 Å². The number of rotatable bonds is 5. The molecule has 2 N–H and O–H groups in total. The van der Waals surface area contributed by atoms with Gasteiger partial charge >= 0.3 is 11.8 Å². The number of hydrogen-bond donors (Lipinski definition) is 2. The molecule has 1 aliphatic carbocycles. The Hall–Kier alpha value is -2.21. The van der Waals surface area contributed by atoms with Gasteiger partial charge in [-0.2, -0.15) is 0 Å². The Morgan fingerprint density at radius 3 is 2.35 bits per heavy atom. The third-order valence-electron chi connectivity index (χ3n) is 5.01. The van der Waals surface area contributed by atoms with Crippen LogP contribution in [0.2, 0.25) is 0 Å². The molecule has 1 aromatic heterocycles. The van der Waals surface area contributed by atoms with E-state index in [1.807, 2.05) is 6.07 Å².